The molecule has 2 aromatic heterocycles. The first kappa shape index (κ1) is 22.0. The Morgan fingerprint density at radius 1 is 1.21 bits per heavy atom. The molecule has 5 rings (SSSR count). The Morgan fingerprint density at radius 2 is 2.03 bits per heavy atom. The number of likely N-dealkylation sites (tertiary alicyclic amines) is 1. The van der Waals surface area contributed by atoms with Gasteiger partial charge in [0.1, 0.15) is 22.2 Å². The first-order valence-electron chi connectivity index (χ1n) is 11.9. The monoisotopic (exact) mass is 466 g/mol. The first-order valence-corrected chi connectivity index (χ1v) is 12.7. The second kappa shape index (κ2) is 9.61. The van der Waals surface area contributed by atoms with Crippen molar-refractivity contribution in [2.75, 3.05) is 31.5 Å². The third kappa shape index (κ3) is 4.65. The van der Waals surface area contributed by atoms with Crippen LogP contribution in [0, 0.1) is 0 Å². The lowest BCUT2D eigenvalue weighted by atomic mass is 9.95. The molecular weight excluding hydrogens is 436 g/mol. The van der Waals surface area contributed by atoms with Crippen LogP contribution in [-0.4, -0.2) is 58.0 Å². The number of amides is 1. The van der Waals surface area contributed by atoms with E-state index in [1.807, 2.05) is 36.1 Å². The predicted octanol–water partition coefficient (Wildman–Crippen LogP) is 3.33. The Bertz CT molecular complexity index is 1160. The Hall–Kier alpha value is -2.78. The number of carbonyl (C=O) groups is 1. The van der Waals surface area contributed by atoms with E-state index >= 15 is 0 Å². The van der Waals surface area contributed by atoms with Gasteiger partial charge in [-0.25, -0.2) is 9.97 Å². The maximum atomic E-state index is 13.4. The van der Waals surface area contributed by atoms with E-state index in [4.69, 9.17) is 9.97 Å². The van der Waals surface area contributed by atoms with Crippen LogP contribution in [-0.2, 0) is 4.79 Å². The number of benzene rings is 1. The molecule has 1 aromatic carbocycles. The van der Waals surface area contributed by atoms with Crippen LogP contribution in [0.1, 0.15) is 50.8 Å². The molecule has 174 valence electrons. The smallest absolute Gasteiger partial charge is 0.263 e. The van der Waals surface area contributed by atoms with E-state index in [2.05, 4.69) is 15.6 Å². The zero-order chi connectivity index (χ0) is 22.8. The van der Waals surface area contributed by atoms with Crippen molar-refractivity contribution in [1.82, 2.24) is 25.2 Å². The number of fused-ring (bicyclic) bond motifs is 1. The average Bonchev–Trinajstić information content (AvgIpc) is 3.27. The molecule has 0 saturated carbocycles. The molecule has 2 aliphatic heterocycles. The molecule has 0 bridgehead atoms. The number of H-pyrrole nitrogens is 1. The molecular formula is C24H30N6O2S. The summed E-state index contributed by atoms with van der Waals surface area (Å²) < 4.78 is 1.05. The van der Waals surface area contributed by atoms with Crippen molar-refractivity contribution in [3.05, 3.63) is 40.4 Å². The molecule has 0 aliphatic carbocycles. The molecule has 0 radical (unpaired) electrons. The lowest BCUT2D eigenvalue weighted by Gasteiger charge is -2.31. The summed E-state index contributed by atoms with van der Waals surface area (Å²) in [5, 5.41) is 7.67. The van der Waals surface area contributed by atoms with Gasteiger partial charge >= 0.3 is 0 Å². The lowest BCUT2D eigenvalue weighted by molar-refractivity contribution is -0.131. The van der Waals surface area contributed by atoms with Crippen molar-refractivity contribution >= 4 is 33.3 Å². The molecule has 0 spiro atoms. The highest BCUT2D eigenvalue weighted by molar-refractivity contribution is 7.21. The van der Waals surface area contributed by atoms with Gasteiger partial charge in [0.25, 0.3) is 5.56 Å². The molecule has 2 aliphatic rings. The van der Waals surface area contributed by atoms with Crippen LogP contribution < -0.4 is 16.2 Å². The van der Waals surface area contributed by atoms with E-state index in [1.165, 1.54) is 11.3 Å². The SMILES string of the molecule is CCC(=O)N1CCC(c2nc(N[C@@H]3CCCNC3)c(-c3nc4ccccc4s3)c(=O)[nH]2)CC1. The van der Waals surface area contributed by atoms with Gasteiger partial charge < -0.3 is 20.5 Å². The molecule has 1 atom stereocenters. The number of para-hydroxylation sites is 1. The molecule has 0 unspecified atom stereocenters. The molecule has 3 aromatic rings. The fourth-order valence-electron chi connectivity index (χ4n) is 4.76. The van der Waals surface area contributed by atoms with Crippen LogP contribution in [0.5, 0.6) is 0 Å². The number of piperidine rings is 2. The summed E-state index contributed by atoms with van der Waals surface area (Å²) in [6.45, 7) is 5.17. The topological polar surface area (TPSA) is 103 Å². The number of hydrogen-bond donors (Lipinski definition) is 3. The fraction of sp³-hybridized carbons (Fsp3) is 0.500. The number of aromatic amines is 1. The van der Waals surface area contributed by atoms with Gasteiger partial charge in [0.2, 0.25) is 5.91 Å². The van der Waals surface area contributed by atoms with Gasteiger partial charge in [-0.1, -0.05) is 19.1 Å². The van der Waals surface area contributed by atoms with E-state index < -0.39 is 0 Å². The standard InChI is InChI=1S/C24H30N6O2S/c1-2-19(31)30-12-9-15(10-13-30)21-28-22(26-16-6-5-11-25-14-16)20(23(32)29-21)24-27-17-7-3-4-8-18(17)33-24/h3-4,7-8,15-16,25H,2,5-6,9-14H2,1H3,(H2,26,28,29,32)/t16-/m1/s1. The van der Waals surface area contributed by atoms with E-state index in [1.54, 1.807) is 0 Å². The van der Waals surface area contributed by atoms with Crippen LogP contribution in [0.25, 0.3) is 20.8 Å². The minimum absolute atomic E-state index is 0.132. The minimum atomic E-state index is -0.155. The van der Waals surface area contributed by atoms with Gasteiger partial charge in [0, 0.05) is 38.0 Å². The summed E-state index contributed by atoms with van der Waals surface area (Å²) in [4.78, 5) is 40.1. The van der Waals surface area contributed by atoms with Gasteiger partial charge in [0.05, 0.1) is 10.2 Å². The number of nitrogens with zero attached hydrogens (tertiary/aromatic N) is 3. The van der Waals surface area contributed by atoms with Crippen LogP contribution in [0.3, 0.4) is 0 Å². The zero-order valence-corrected chi connectivity index (χ0v) is 19.7. The van der Waals surface area contributed by atoms with E-state index in [0.29, 0.717) is 41.7 Å². The number of anilines is 1. The lowest BCUT2D eigenvalue weighted by Crippen LogP contribution is -2.40. The molecule has 1 amide bonds. The molecule has 4 heterocycles. The molecule has 2 fully saturated rings. The molecule has 2 saturated heterocycles. The van der Waals surface area contributed by atoms with Gasteiger partial charge in [-0.3, -0.25) is 9.59 Å². The fourth-order valence-corrected chi connectivity index (χ4v) is 5.77. The quantitative estimate of drug-likeness (QED) is 0.533. The van der Waals surface area contributed by atoms with Crippen LogP contribution in [0.15, 0.2) is 29.1 Å². The highest BCUT2D eigenvalue weighted by Gasteiger charge is 2.27. The Morgan fingerprint density at radius 3 is 2.76 bits per heavy atom. The Kier molecular flexibility index (Phi) is 6.41. The number of nitrogens with one attached hydrogen (secondary N) is 3. The van der Waals surface area contributed by atoms with Gasteiger partial charge in [0.15, 0.2) is 0 Å². The number of rotatable bonds is 5. The van der Waals surface area contributed by atoms with Gasteiger partial charge in [-0.2, -0.15) is 0 Å². The van der Waals surface area contributed by atoms with E-state index in [-0.39, 0.29) is 23.4 Å². The highest BCUT2D eigenvalue weighted by atomic mass is 32.1. The summed E-state index contributed by atoms with van der Waals surface area (Å²) in [6.07, 6.45) is 4.26. The summed E-state index contributed by atoms with van der Waals surface area (Å²) in [5.41, 5.74) is 1.25. The maximum Gasteiger partial charge on any atom is 0.263 e. The largest absolute Gasteiger partial charge is 0.365 e. The number of carbonyl (C=O) groups excluding carboxylic acids is 1. The van der Waals surface area contributed by atoms with Crippen molar-refractivity contribution in [2.45, 2.75) is 51.0 Å². The zero-order valence-electron chi connectivity index (χ0n) is 18.9. The Balaban J connectivity index is 1.49. The maximum absolute atomic E-state index is 13.4. The van der Waals surface area contributed by atoms with Crippen LogP contribution in [0.2, 0.25) is 0 Å². The van der Waals surface area contributed by atoms with Crippen molar-refractivity contribution < 1.29 is 4.79 Å². The number of hydrogen-bond acceptors (Lipinski definition) is 7. The first-order chi connectivity index (χ1) is 16.1. The summed E-state index contributed by atoms with van der Waals surface area (Å²) in [6, 6.07) is 8.15. The summed E-state index contributed by atoms with van der Waals surface area (Å²) >= 11 is 1.52. The van der Waals surface area contributed by atoms with Crippen LogP contribution >= 0.6 is 11.3 Å². The molecule has 3 N–H and O–H groups in total. The second-order valence-electron chi connectivity index (χ2n) is 8.86. The average molecular weight is 467 g/mol. The van der Waals surface area contributed by atoms with E-state index in [9.17, 15) is 9.59 Å². The van der Waals surface area contributed by atoms with Gasteiger partial charge in [-0.15, -0.1) is 11.3 Å². The summed E-state index contributed by atoms with van der Waals surface area (Å²) in [5.74, 6) is 1.65. The van der Waals surface area contributed by atoms with Crippen molar-refractivity contribution in [1.29, 1.82) is 0 Å². The normalized spacial score (nSPS) is 19.7. The van der Waals surface area contributed by atoms with Crippen molar-refractivity contribution in [2.24, 2.45) is 0 Å². The Labute approximate surface area is 196 Å². The molecule has 8 nitrogen and oxygen atoms in total. The minimum Gasteiger partial charge on any atom is -0.365 e. The van der Waals surface area contributed by atoms with E-state index in [0.717, 1.165) is 49.0 Å². The third-order valence-electron chi connectivity index (χ3n) is 6.62. The predicted molar refractivity (Wildman–Crippen MR) is 132 cm³/mol. The van der Waals surface area contributed by atoms with Crippen LogP contribution in [0.4, 0.5) is 5.82 Å². The molecule has 9 heteroatoms. The second-order valence-corrected chi connectivity index (χ2v) is 9.89. The molecule has 33 heavy (non-hydrogen) atoms. The third-order valence-corrected chi connectivity index (χ3v) is 7.67. The number of thiazole rings is 1. The van der Waals surface area contributed by atoms with Crippen molar-refractivity contribution in [3.63, 3.8) is 0 Å². The van der Waals surface area contributed by atoms with Crippen molar-refractivity contribution in [3.8, 4) is 10.6 Å². The van der Waals surface area contributed by atoms with Gasteiger partial charge in [-0.05, 0) is 44.4 Å². The summed E-state index contributed by atoms with van der Waals surface area (Å²) in [7, 11) is 0. The highest BCUT2D eigenvalue weighted by Crippen LogP contribution is 2.33. The number of aromatic nitrogens is 3.